The van der Waals surface area contributed by atoms with Crippen molar-refractivity contribution in [2.45, 2.75) is 39.5 Å². The van der Waals surface area contributed by atoms with Crippen molar-refractivity contribution < 1.29 is 9.47 Å². The molecule has 1 aromatic rings. The van der Waals surface area contributed by atoms with Crippen LogP contribution in [0.3, 0.4) is 0 Å². The first-order valence-electron chi connectivity index (χ1n) is 5.53. The van der Waals surface area contributed by atoms with Crippen LogP contribution in [0.5, 0.6) is 11.5 Å². The van der Waals surface area contributed by atoms with E-state index in [2.05, 4.69) is 39.8 Å². The van der Waals surface area contributed by atoms with Crippen LogP contribution in [0.15, 0.2) is 12.1 Å². The Morgan fingerprint density at radius 2 is 1.73 bits per heavy atom. The minimum absolute atomic E-state index is 0.358. The minimum atomic E-state index is 0.358. The molecular formula is C13H18O2. The Morgan fingerprint density at radius 1 is 1.00 bits per heavy atom. The number of rotatable bonds is 2. The van der Waals surface area contributed by atoms with E-state index < -0.39 is 0 Å². The molecule has 1 aliphatic rings. The van der Waals surface area contributed by atoms with Crippen molar-refractivity contribution in [1.29, 1.82) is 0 Å². The van der Waals surface area contributed by atoms with Crippen LogP contribution < -0.4 is 9.47 Å². The van der Waals surface area contributed by atoms with Gasteiger partial charge in [-0.25, -0.2) is 0 Å². The van der Waals surface area contributed by atoms with Gasteiger partial charge in [0.15, 0.2) is 11.5 Å². The summed E-state index contributed by atoms with van der Waals surface area (Å²) in [5.74, 6) is 2.84. The van der Waals surface area contributed by atoms with Crippen LogP contribution in [0.1, 0.15) is 50.7 Å². The normalized spacial score (nSPS) is 14.0. The lowest BCUT2D eigenvalue weighted by Crippen LogP contribution is -1.96. The van der Waals surface area contributed by atoms with Gasteiger partial charge in [-0.3, -0.25) is 0 Å². The van der Waals surface area contributed by atoms with Crippen LogP contribution in [0, 0.1) is 0 Å². The average Bonchev–Trinajstić information content (AvgIpc) is 2.62. The Labute approximate surface area is 91.2 Å². The Kier molecular flexibility index (Phi) is 2.59. The molecule has 2 heteroatoms. The lowest BCUT2D eigenvalue weighted by molar-refractivity contribution is 0.173. The summed E-state index contributed by atoms with van der Waals surface area (Å²) in [5, 5.41) is 0. The van der Waals surface area contributed by atoms with E-state index in [1.807, 2.05) is 0 Å². The van der Waals surface area contributed by atoms with E-state index in [-0.39, 0.29) is 0 Å². The van der Waals surface area contributed by atoms with Crippen LogP contribution in [-0.2, 0) is 0 Å². The molecule has 2 nitrogen and oxygen atoms in total. The predicted octanol–water partition coefficient (Wildman–Crippen LogP) is 3.66. The molecule has 0 aliphatic carbocycles. The number of hydrogen-bond donors (Lipinski definition) is 0. The minimum Gasteiger partial charge on any atom is -0.454 e. The van der Waals surface area contributed by atoms with E-state index in [4.69, 9.17) is 9.47 Å². The molecule has 1 aliphatic heterocycles. The summed E-state index contributed by atoms with van der Waals surface area (Å²) < 4.78 is 11.0. The van der Waals surface area contributed by atoms with E-state index in [1.54, 1.807) is 0 Å². The van der Waals surface area contributed by atoms with Crippen molar-refractivity contribution in [3.8, 4) is 11.5 Å². The fourth-order valence-corrected chi connectivity index (χ4v) is 1.82. The van der Waals surface area contributed by atoms with E-state index in [0.29, 0.717) is 18.6 Å². The topological polar surface area (TPSA) is 18.5 Å². The molecule has 0 unspecified atom stereocenters. The molecule has 0 spiro atoms. The first kappa shape index (κ1) is 10.3. The highest BCUT2D eigenvalue weighted by molar-refractivity contribution is 5.52. The largest absolute Gasteiger partial charge is 0.454 e. The van der Waals surface area contributed by atoms with Gasteiger partial charge < -0.3 is 9.47 Å². The van der Waals surface area contributed by atoms with E-state index in [9.17, 15) is 0 Å². The van der Waals surface area contributed by atoms with Gasteiger partial charge in [-0.2, -0.15) is 0 Å². The van der Waals surface area contributed by atoms with Gasteiger partial charge in [0.05, 0.1) is 0 Å². The molecule has 0 saturated carbocycles. The molecule has 0 saturated heterocycles. The summed E-state index contributed by atoms with van der Waals surface area (Å²) >= 11 is 0. The number of benzene rings is 1. The molecule has 15 heavy (non-hydrogen) atoms. The van der Waals surface area contributed by atoms with Gasteiger partial charge in [0, 0.05) is 5.56 Å². The molecular weight excluding hydrogens is 188 g/mol. The Morgan fingerprint density at radius 3 is 2.33 bits per heavy atom. The SMILES string of the molecule is CC(C)c1cc2c(c(C(C)C)c1)OCO2. The van der Waals surface area contributed by atoms with E-state index >= 15 is 0 Å². The van der Waals surface area contributed by atoms with Crippen LogP contribution in [0.4, 0.5) is 0 Å². The van der Waals surface area contributed by atoms with Crippen molar-refractivity contribution in [1.82, 2.24) is 0 Å². The molecule has 1 heterocycles. The first-order chi connectivity index (χ1) is 7.09. The Bertz CT molecular complexity index is 367. The van der Waals surface area contributed by atoms with Gasteiger partial charge in [0.2, 0.25) is 6.79 Å². The third-order valence-corrected chi connectivity index (χ3v) is 2.81. The molecule has 0 bridgehead atoms. The number of hydrogen-bond acceptors (Lipinski definition) is 2. The summed E-state index contributed by atoms with van der Waals surface area (Å²) in [4.78, 5) is 0. The summed E-state index contributed by atoms with van der Waals surface area (Å²) in [6.07, 6.45) is 0. The molecule has 1 aromatic carbocycles. The second-order valence-electron chi connectivity index (χ2n) is 4.65. The van der Waals surface area contributed by atoms with Gasteiger partial charge in [0.25, 0.3) is 0 Å². The summed E-state index contributed by atoms with van der Waals surface area (Å²) in [7, 11) is 0. The van der Waals surface area contributed by atoms with Gasteiger partial charge in [-0.1, -0.05) is 33.8 Å². The van der Waals surface area contributed by atoms with E-state index in [1.165, 1.54) is 11.1 Å². The molecule has 0 radical (unpaired) electrons. The third-order valence-electron chi connectivity index (χ3n) is 2.81. The second kappa shape index (κ2) is 3.76. The zero-order valence-electron chi connectivity index (χ0n) is 9.83. The predicted molar refractivity (Wildman–Crippen MR) is 60.7 cm³/mol. The highest BCUT2D eigenvalue weighted by Crippen LogP contribution is 2.41. The summed E-state index contributed by atoms with van der Waals surface area (Å²) in [6, 6.07) is 4.34. The van der Waals surface area contributed by atoms with Gasteiger partial charge >= 0.3 is 0 Å². The van der Waals surface area contributed by atoms with Crippen molar-refractivity contribution in [3.05, 3.63) is 23.3 Å². The van der Waals surface area contributed by atoms with Crippen molar-refractivity contribution in [3.63, 3.8) is 0 Å². The zero-order chi connectivity index (χ0) is 11.0. The standard InChI is InChI=1S/C13H18O2/c1-8(2)10-5-11(9(3)4)13-12(6-10)14-7-15-13/h5-6,8-9H,7H2,1-4H3. The fraction of sp³-hybridized carbons (Fsp3) is 0.538. The highest BCUT2D eigenvalue weighted by atomic mass is 16.7. The zero-order valence-corrected chi connectivity index (χ0v) is 9.83. The molecule has 2 rings (SSSR count). The van der Waals surface area contributed by atoms with Gasteiger partial charge in [-0.15, -0.1) is 0 Å². The smallest absolute Gasteiger partial charge is 0.231 e. The number of fused-ring (bicyclic) bond motifs is 1. The fourth-order valence-electron chi connectivity index (χ4n) is 1.82. The van der Waals surface area contributed by atoms with Gasteiger partial charge in [0.1, 0.15) is 0 Å². The first-order valence-corrected chi connectivity index (χ1v) is 5.53. The maximum absolute atomic E-state index is 5.50. The maximum Gasteiger partial charge on any atom is 0.231 e. The van der Waals surface area contributed by atoms with Crippen LogP contribution in [-0.4, -0.2) is 6.79 Å². The summed E-state index contributed by atoms with van der Waals surface area (Å²) in [6.45, 7) is 9.11. The maximum atomic E-state index is 5.50. The van der Waals surface area contributed by atoms with Crippen molar-refractivity contribution in [2.24, 2.45) is 0 Å². The molecule has 0 N–H and O–H groups in total. The van der Waals surface area contributed by atoms with E-state index in [0.717, 1.165) is 11.5 Å². The highest BCUT2D eigenvalue weighted by Gasteiger charge is 2.21. The quantitative estimate of drug-likeness (QED) is 0.735. The van der Waals surface area contributed by atoms with Gasteiger partial charge in [-0.05, 0) is 23.5 Å². The summed E-state index contributed by atoms with van der Waals surface area (Å²) in [5.41, 5.74) is 2.58. The monoisotopic (exact) mass is 206 g/mol. The van der Waals surface area contributed by atoms with Crippen LogP contribution in [0.2, 0.25) is 0 Å². The van der Waals surface area contributed by atoms with Crippen LogP contribution >= 0.6 is 0 Å². The second-order valence-corrected chi connectivity index (χ2v) is 4.65. The Hall–Kier alpha value is -1.18. The average molecular weight is 206 g/mol. The lowest BCUT2D eigenvalue weighted by Gasteiger charge is -2.13. The lowest BCUT2D eigenvalue weighted by atomic mass is 9.94. The van der Waals surface area contributed by atoms with Crippen LogP contribution in [0.25, 0.3) is 0 Å². The third kappa shape index (κ3) is 1.81. The molecule has 0 fully saturated rings. The molecule has 0 amide bonds. The molecule has 82 valence electrons. The number of ether oxygens (including phenoxy) is 2. The van der Waals surface area contributed by atoms with Crippen molar-refractivity contribution in [2.75, 3.05) is 6.79 Å². The van der Waals surface area contributed by atoms with Crippen molar-refractivity contribution >= 4 is 0 Å². The molecule has 0 aromatic heterocycles. The Balaban J connectivity index is 2.52. The molecule has 0 atom stereocenters.